The van der Waals surface area contributed by atoms with Gasteiger partial charge < -0.3 is 21.3 Å². The van der Waals surface area contributed by atoms with Gasteiger partial charge in [-0.05, 0) is 61.4 Å². The third-order valence-electron chi connectivity index (χ3n) is 5.71. The molecule has 174 valence electrons. The van der Waals surface area contributed by atoms with E-state index in [1.165, 1.54) is 18.2 Å². The Hall–Kier alpha value is -4.20. The highest BCUT2D eigenvalue weighted by Gasteiger charge is 2.24. The van der Waals surface area contributed by atoms with E-state index in [1.54, 1.807) is 59.5 Å². The predicted octanol–water partition coefficient (Wildman–Crippen LogP) is 4.23. The molecular formula is C26H25FN4O3. The number of nitrogens with two attached hydrogens (primary N) is 1. The number of hydrogen-bond donors (Lipinski definition) is 3. The highest BCUT2D eigenvalue weighted by Crippen LogP contribution is 2.26. The second kappa shape index (κ2) is 10.2. The zero-order valence-electron chi connectivity index (χ0n) is 18.5. The second-order valence-corrected chi connectivity index (χ2v) is 8.08. The van der Waals surface area contributed by atoms with E-state index in [0.29, 0.717) is 24.3 Å². The monoisotopic (exact) mass is 460 g/mol. The van der Waals surface area contributed by atoms with Crippen molar-refractivity contribution >= 4 is 34.8 Å². The number of carbonyl (C=O) groups is 3. The smallest absolute Gasteiger partial charge is 0.251 e. The van der Waals surface area contributed by atoms with Gasteiger partial charge in [-0.15, -0.1) is 0 Å². The molecule has 3 aromatic carbocycles. The lowest BCUT2D eigenvalue weighted by molar-refractivity contribution is -0.119. The number of rotatable bonds is 7. The first-order valence-corrected chi connectivity index (χ1v) is 11.0. The van der Waals surface area contributed by atoms with E-state index < -0.39 is 23.7 Å². The first-order valence-electron chi connectivity index (χ1n) is 11.0. The van der Waals surface area contributed by atoms with Crippen molar-refractivity contribution in [2.75, 3.05) is 22.1 Å². The summed E-state index contributed by atoms with van der Waals surface area (Å²) in [4.78, 5) is 38.7. The molecule has 8 heteroatoms. The maximum absolute atomic E-state index is 14.6. The molecule has 1 heterocycles. The van der Waals surface area contributed by atoms with Crippen LogP contribution in [0.4, 0.5) is 21.5 Å². The number of hydrogen-bond acceptors (Lipinski definition) is 4. The van der Waals surface area contributed by atoms with Crippen LogP contribution in [-0.2, 0) is 9.59 Å². The number of halogens is 1. The lowest BCUT2D eigenvalue weighted by Crippen LogP contribution is -2.35. The lowest BCUT2D eigenvalue weighted by Gasteiger charge is -2.27. The van der Waals surface area contributed by atoms with Crippen LogP contribution in [0.5, 0.6) is 0 Å². The van der Waals surface area contributed by atoms with Gasteiger partial charge in [0.05, 0.1) is 0 Å². The number of primary amides is 1. The molecule has 3 aromatic rings. The fourth-order valence-electron chi connectivity index (χ4n) is 3.94. The van der Waals surface area contributed by atoms with Crippen LogP contribution >= 0.6 is 0 Å². The number of benzene rings is 3. The molecule has 0 radical (unpaired) electrons. The minimum Gasteiger partial charge on any atom is -0.370 e. The molecule has 4 rings (SSSR count). The van der Waals surface area contributed by atoms with E-state index in [1.807, 2.05) is 0 Å². The average molecular weight is 461 g/mol. The standard InChI is InChI=1S/C26H25FN4O3/c27-22-9-2-1-8-21(22)24(29-19-7-5-6-17(16-19)25(28)33)26(34)30-18-11-13-20(14-12-18)31-15-4-3-10-23(31)32/h1-2,5-9,11-14,16,24,29H,3-4,10,15H2,(H2,28,33)(H,30,34)/t24-/m0/s1. The van der Waals surface area contributed by atoms with E-state index in [4.69, 9.17) is 5.73 Å². The van der Waals surface area contributed by atoms with Gasteiger partial charge in [0.15, 0.2) is 0 Å². The maximum Gasteiger partial charge on any atom is 0.251 e. The van der Waals surface area contributed by atoms with Gasteiger partial charge in [-0.2, -0.15) is 0 Å². The zero-order chi connectivity index (χ0) is 24.1. The minimum atomic E-state index is -1.08. The molecule has 3 amide bonds. The summed E-state index contributed by atoms with van der Waals surface area (Å²) >= 11 is 0. The topological polar surface area (TPSA) is 105 Å². The van der Waals surface area contributed by atoms with Crippen LogP contribution in [0.3, 0.4) is 0 Å². The number of amides is 3. The zero-order valence-corrected chi connectivity index (χ0v) is 18.5. The molecule has 0 spiro atoms. The summed E-state index contributed by atoms with van der Waals surface area (Å²) in [6, 6.07) is 18.2. The van der Waals surface area contributed by atoms with E-state index in [0.717, 1.165) is 18.5 Å². The maximum atomic E-state index is 14.6. The van der Waals surface area contributed by atoms with Gasteiger partial charge in [0.25, 0.3) is 5.91 Å². The summed E-state index contributed by atoms with van der Waals surface area (Å²) in [7, 11) is 0. The molecule has 1 saturated heterocycles. The Balaban J connectivity index is 1.56. The second-order valence-electron chi connectivity index (χ2n) is 8.08. The first kappa shape index (κ1) is 23.0. The third-order valence-corrected chi connectivity index (χ3v) is 5.71. The number of nitrogens with one attached hydrogen (secondary N) is 2. The molecule has 0 bridgehead atoms. The molecule has 0 aromatic heterocycles. The third kappa shape index (κ3) is 5.23. The molecule has 1 aliphatic heterocycles. The van der Waals surface area contributed by atoms with E-state index in [-0.39, 0.29) is 17.0 Å². The summed E-state index contributed by atoms with van der Waals surface area (Å²) < 4.78 is 14.6. The average Bonchev–Trinajstić information content (AvgIpc) is 2.84. The van der Waals surface area contributed by atoms with Crippen molar-refractivity contribution in [2.24, 2.45) is 5.73 Å². The van der Waals surface area contributed by atoms with Crippen molar-refractivity contribution in [3.8, 4) is 0 Å². The molecule has 1 fully saturated rings. The van der Waals surface area contributed by atoms with Gasteiger partial charge in [-0.25, -0.2) is 4.39 Å². The number of carbonyl (C=O) groups excluding carboxylic acids is 3. The fraction of sp³-hybridized carbons (Fsp3) is 0.192. The van der Waals surface area contributed by atoms with Crippen LogP contribution in [0.15, 0.2) is 72.8 Å². The SMILES string of the molecule is NC(=O)c1cccc(N[C@H](C(=O)Nc2ccc(N3CCCCC3=O)cc2)c2ccccc2F)c1. The van der Waals surface area contributed by atoms with Crippen molar-refractivity contribution in [1.29, 1.82) is 0 Å². The summed E-state index contributed by atoms with van der Waals surface area (Å²) in [5.41, 5.74) is 7.49. The normalized spacial score (nSPS) is 14.4. The summed E-state index contributed by atoms with van der Waals surface area (Å²) in [6.45, 7) is 0.675. The van der Waals surface area contributed by atoms with E-state index in [2.05, 4.69) is 10.6 Å². The van der Waals surface area contributed by atoms with E-state index in [9.17, 15) is 18.8 Å². The van der Waals surface area contributed by atoms with Crippen LogP contribution < -0.4 is 21.3 Å². The van der Waals surface area contributed by atoms with Gasteiger partial charge in [-0.1, -0.05) is 24.3 Å². The Morgan fingerprint density at radius 3 is 2.41 bits per heavy atom. The van der Waals surface area contributed by atoms with Crippen LogP contribution in [0.25, 0.3) is 0 Å². The van der Waals surface area contributed by atoms with Gasteiger partial charge >= 0.3 is 0 Å². The van der Waals surface area contributed by atoms with Gasteiger partial charge in [0.2, 0.25) is 11.8 Å². The van der Waals surface area contributed by atoms with Crippen LogP contribution in [0.2, 0.25) is 0 Å². The van der Waals surface area contributed by atoms with Crippen molar-refractivity contribution in [3.05, 3.63) is 89.7 Å². The Morgan fingerprint density at radius 2 is 1.71 bits per heavy atom. The van der Waals surface area contributed by atoms with Crippen molar-refractivity contribution in [3.63, 3.8) is 0 Å². The van der Waals surface area contributed by atoms with Crippen molar-refractivity contribution < 1.29 is 18.8 Å². The molecule has 4 N–H and O–H groups in total. The summed E-state index contributed by atoms with van der Waals surface area (Å²) in [5.74, 6) is -1.55. The summed E-state index contributed by atoms with van der Waals surface area (Å²) in [5, 5.41) is 5.81. The van der Waals surface area contributed by atoms with Gasteiger partial charge in [0, 0.05) is 41.2 Å². The van der Waals surface area contributed by atoms with Gasteiger partial charge in [-0.3, -0.25) is 14.4 Å². The van der Waals surface area contributed by atoms with E-state index >= 15 is 0 Å². The lowest BCUT2D eigenvalue weighted by atomic mass is 10.0. The Kier molecular flexibility index (Phi) is 6.87. The van der Waals surface area contributed by atoms with Crippen LogP contribution in [-0.4, -0.2) is 24.3 Å². The number of anilines is 3. The molecule has 0 saturated carbocycles. The molecule has 34 heavy (non-hydrogen) atoms. The molecule has 0 unspecified atom stereocenters. The quantitative estimate of drug-likeness (QED) is 0.491. The Bertz CT molecular complexity index is 1210. The highest BCUT2D eigenvalue weighted by molar-refractivity contribution is 5.99. The predicted molar refractivity (Wildman–Crippen MR) is 129 cm³/mol. The minimum absolute atomic E-state index is 0.0880. The number of piperidine rings is 1. The molecule has 7 nitrogen and oxygen atoms in total. The Labute approximate surface area is 196 Å². The summed E-state index contributed by atoms with van der Waals surface area (Å²) in [6.07, 6.45) is 2.39. The highest BCUT2D eigenvalue weighted by atomic mass is 19.1. The molecule has 1 aliphatic rings. The Morgan fingerprint density at radius 1 is 0.941 bits per heavy atom. The van der Waals surface area contributed by atoms with Crippen LogP contribution in [0, 0.1) is 5.82 Å². The molecule has 0 aliphatic carbocycles. The van der Waals surface area contributed by atoms with Crippen LogP contribution in [0.1, 0.15) is 41.2 Å². The fourth-order valence-corrected chi connectivity index (χ4v) is 3.94. The first-order chi connectivity index (χ1) is 16.4. The molecule has 1 atom stereocenters. The van der Waals surface area contributed by atoms with Crippen molar-refractivity contribution in [2.45, 2.75) is 25.3 Å². The number of nitrogens with zero attached hydrogens (tertiary/aromatic N) is 1. The largest absolute Gasteiger partial charge is 0.370 e. The molecular weight excluding hydrogens is 435 g/mol. The van der Waals surface area contributed by atoms with Gasteiger partial charge in [0.1, 0.15) is 11.9 Å². The van der Waals surface area contributed by atoms with Crippen molar-refractivity contribution in [1.82, 2.24) is 0 Å².